The number of nitrogens with zero attached hydrogens (tertiary/aromatic N) is 5. The van der Waals surface area contributed by atoms with E-state index in [1.54, 1.807) is 51.2 Å². The van der Waals surface area contributed by atoms with E-state index in [9.17, 15) is 9.90 Å². The number of nitrogens with two attached hydrogens (primary N) is 1. The Kier molecular flexibility index (Phi) is 7.05. The Morgan fingerprint density at radius 1 is 1.25 bits per heavy atom. The SMILES string of the molecule is CC(C)(C)OC(=O)NCC#Cc1nccc(NC2CN(c3cc(-c4ccccc4O)nnc3N)C2)n1. The van der Waals surface area contributed by atoms with Crippen LogP contribution in [-0.4, -0.2) is 62.6 Å². The number of nitrogen functional groups attached to an aromatic ring is 1. The van der Waals surface area contributed by atoms with Crippen molar-refractivity contribution in [2.24, 2.45) is 0 Å². The van der Waals surface area contributed by atoms with Crippen molar-refractivity contribution in [3.8, 4) is 28.8 Å². The van der Waals surface area contributed by atoms with Crippen molar-refractivity contribution >= 4 is 23.4 Å². The van der Waals surface area contributed by atoms with E-state index in [-0.39, 0.29) is 18.3 Å². The molecule has 11 heteroatoms. The zero-order valence-electron chi connectivity index (χ0n) is 20.3. The number of aromatic hydroxyl groups is 1. The van der Waals surface area contributed by atoms with Gasteiger partial charge in [0, 0.05) is 24.8 Å². The first-order valence-electron chi connectivity index (χ1n) is 11.4. The standard InChI is InChI=1S/C25H28N8O3/c1-25(2,3)36-24(35)28-11-6-9-21-27-12-10-22(30-21)29-16-14-33(15-16)19-13-18(31-32-23(19)26)17-7-4-5-8-20(17)34/h4-5,7-8,10,12-13,16,34H,11,14-15H2,1-3H3,(H2,26,32)(H,28,35)(H,27,29,30). The van der Waals surface area contributed by atoms with Gasteiger partial charge in [0.2, 0.25) is 5.82 Å². The quantitative estimate of drug-likeness (QED) is 0.394. The molecular weight excluding hydrogens is 460 g/mol. The first-order chi connectivity index (χ1) is 17.2. The fourth-order valence-corrected chi connectivity index (χ4v) is 3.50. The summed E-state index contributed by atoms with van der Waals surface area (Å²) in [5, 5.41) is 24.3. The molecule has 1 fully saturated rings. The highest BCUT2D eigenvalue weighted by Gasteiger charge is 2.29. The number of para-hydroxylation sites is 1. The lowest BCUT2D eigenvalue weighted by Gasteiger charge is -2.41. The molecule has 0 spiro atoms. The van der Waals surface area contributed by atoms with Gasteiger partial charge < -0.3 is 31.1 Å². The molecule has 1 saturated heterocycles. The van der Waals surface area contributed by atoms with E-state index >= 15 is 0 Å². The summed E-state index contributed by atoms with van der Waals surface area (Å²) in [5.74, 6) is 7.10. The molecule has 3 aromatic rings. The molecule has 0 bridgehead atoms. The number of aromatic nitrogens is 4. The van der Waals surface area contributed by atoms with Crippen LogP contribution in [0.3, 0.4) is 0 Å². The molecule has 4 rings (SSSR count). The number of phenolic OH excluding ortho intramolecular Hbond substituents is 1. The molecule has 2 aromatic heterocycles. The zero-order valence-corrected chi connectivity index (χ0v) is 20.3. The first kappa shape index (κ1) is 24.5. The van der Waals surface area contributed by atoms with E-state index in [1.165, 1.54) is 0 Å². The van der Waals surface area contributed by atoms with Gasteiger partial charge in [0.1, 0.15) is 17.2 Å². The molecule has 0 aliphatic carbocycles. The number of anilines is 3. The topological polar surface area (TPSA) is 151 Å². The number of carbonyl (C=O) groups excluding carboxylic acids is 1. The molecule has 0 radical (unpaired) electrons. The summed E-state index contributed by atoms with van der Waals surface area (Å²) in [5.41, 5.74) is 7.41. The van der Waals surface area contributed by atoms with Crippen LogP contribution in [0.1, 0.15) is 26.6 Å². The molecule has 1 aliphatic rings. The van der Waals surface area contributed by atoms with Crippen LogP contribution in [0.4, 0.5) is 22.1 Å². The second-order valence-electron chi connectivity index (χ2n) is 9.19. The van der Waals surface area contributed by atoms with Crippen molar-refractivity contribution in [1.82, 2.24) is 25.5 Å². The number of alkyl carbamates (subject to hydrolysis) is 1. The molecule has 0 unspecified atom stereocenters. The minimum Gasteiger partial charge on any atom is -0.507 e. The van der Waals surface area contributed by atoms with E-state index < -0.39 is 11.7 Å². The maximum atomic E-state index is 11.7. The molecule has 0 atom stereocenters. The number of nitrogens with one attached hydrogen (secondary N) is 2. The average molecular weight is 489 g/mol. The molecule has 1 amide bonds. The van der Waals surface area contributed by atoms with Gasteiger partial charge in [0.05, 0.1) is 24.0 Å². The lowest BCUT2D eigenvalue weighted by Crippen LogP contribution is -2.55. The Hall–Kier alpha value is -4.59. The number of ether oxygens (including phenoxy) is 1. The van der Waals surface area contributed by atoms with Crippen LogP contribution in [0.5, 0.6) is 5.75 Å². The number of hydrogen-bond donors (Lipinski definition) is 4. The number of amides is 1. The van der Waals surface area contributed by atoms with Crippen molar-refractivity contribution < 1.29 is 14.6 Å². The van der Waals surface area contributed by atoms with Crippen LogP contribution in [0.25, 0.3) is 11.3 Å². The largest absolute Gasteiger partial charge is 0.507 e. The predicted octanol–water partition coefficient (Wildman–Crippen LogP) is 2.40. The van der Waals surface area contributed by atoms with Crippen molar-refractivity contribution in [2.75, 3.05) is 35.6 Å². The van der Waals surface area contributed by atoms with Gasteiger partial charge in [-0.1, -0.05) is 18.1 Å². The third-order valence-corrected chi connectivity index (χ3v) is 5.13. The molecule has 0 saturated carbocycles. The van der Waals surface area contributed by atoms with Crippen molar-refractivity contribution in [2.45, 2.75) is 32.4 Å². The lowest BCUT2D eigenvalue weighted by molar-refractivity contribution is 0.0535. The Morgan fingerprint density at radius 2 is 2.03 bits per heavy atom. The van der Waals surface area contributed by atoms with Gasteiger partial charge in [-0.25, -0.2) is 14.8 Å². The molecular formula is C25H28N8O3. The van der Waals surface area contributed by atoms with Crippen LogP contribution in [0.2, 0.25) is 0 Å². The molecule has 1 aliphatic heterocycles. The number of hydrogen-bond acceptors (Lipinski definition) is 10. The smallest absolute Gasteiger partial charge is 0.408 e. The van der Waals surface area contributed by atoms with Gasteiger partial charge in [0.25, 0.3) is 0 Å². The van der Waals surface area contributed by atoms with Crippen molar-refractivity contribution in [3.05, 3.63) is 48.4 Å². The Balaban J connectivity index is 1.32. The van der Waals surface area contributed by atoms with E-state index in [0.29, 0.717) is 41.8 Å². The molecule has 11 nitrogen and oxygen atoms in total. The fraction of sp³-hybridized carbons (Fsp3) is 0.320. The molecule has 5 N–H and O–H groups in total. The van der Waals surface area contributed by atoms with Gasteiger partial charge >= 0.3 is 6.09 Å². The van der Waals surface area contributed by atoms with Gasteiger partial charge in [-0.2, -0.15) is 0 Å². The highest BCUT2D eigenvalue weighted by Crippen LogP contribution is 2.33. The number of phenols is 1. The third kappa shape index (κ3) is 6.29. The summed E-state index contributed by atoms with van der Waals surface area (Å²) in [6.45, 7) is 6.87. The molecule has 36 heavy (non-hydrogen) atoms. The maximum Gasteiger partial charge on any atom is 0.408 e. The van der Waals surface area contributed by atoms with Crippen LogP contribution < -0.4 is 21.3 Å². The van der Waals surface area contributed by atoms with Gasteiger partial charge in [-0.05, 0) is 51.0 Å². The van der Waals surface area contributed by atoms with Gasteiger partial charge in [0.15, 0.2) is 5.82 Å². The molecule has 3 heterocycles. The summed E-state index contributed by atoms with van der Waals surface area (Å²) >= 11 is 0. The summed E-state index contributed by atoms with van der Waals surface area (Å²) in [6, 6.07) is 10.7. The maximum absolute atomic E-state index is 11.7. The van der Waals surface area contributed by atoms with E-state index in [0.717, 1.165) is 5.69 Å². The van der Waals surface area contributed by atoms with Crippen molar-refractivity contribution in [3.63, 3.8) is 0 Å². The summed E-state index contributed by atoms with van der Waals surface area (Å²) in [7, 11) is 0. The normalized spacial score (nSPS) is 13.2. The van der Waals surface area contributed by atoms with Gasteiger partial charge in [-0.15, -0.1) is 10.2 Å². The van der Waals surface area contributed by atoms with Crippen molar-refractivity contribution in [1.29, 1.82) is 0 Å². The Bertz CT molecular complexity index is 1310. The first-order valence-corrected chi connectivity index (χ1v) is 11.4. The average Bonchev–Trinajstić information content (AvgIpc) is 2.79. The highest BCUT2D eigenvalue weighted by molar-refractivity contribution is 5.74. The lowest BCUT2D eigenvalue weighted by atomic mass is 10.1. The number of rotatable bonds is 5. The number of carbonyl (C=O) groups is 1. The summed E-state index contributed by atoms with van der Waals surface area (Å²) in [6.07, 6.45) is 1.10. The second kappa shape index (κ2) is 10.4. The Morgan fingerprint density at radius 3 is 2.78 bits per heavy atom. The molecule has 186 valence electrons. The van der Waals surface area contributed by atoms with Crippen LogP contribution in [0, 0.1) is 11.8 Å². The summed E-state index contributed by atoms with van der Waals surface area (Å²) < 4.78 is 5.16. The predicted molar refractivity (Wildman–Crippen MR) is 136 cm³/mol. The van der Waals surface area contributed by atoms with Gasteiger partial charge in [-0.3, -0.25) is 0 Å². The minimum absolute atomic E-state index is 0.123. The Labute approximate surface area is 209 Å². The second-order valence-corrected chi connectivity index (χ2v) is 9.19. The monoisotopic (exact) mass is 488 g/mol. The van der Waals surface area contributed by atoms with E-state index in [4.69, 9.17) is 10.5 Å². The fourth-order valence-electron chi connectivity index (χ4n) is 3.50. The van der Waals surface area contributed by atoms with Crippen LogP contribution in [-0.2, 0) is 4.74 Å². The summed E-state index contributed by atoms with van der Waals surface area (Å²) in [4.78, 5) is 22.3. The van der Waals surface area contributed by atoms with Crippen LogP contribution in [0.15, 0.2) is 42.6 Å². The third-order valence-electron chi connectivity index (χ3n) is 5.13. The number of benzene rings is 1. The zero-order chi connectivity index (χ0) is 25.7. The van der Waals surface area contributed by atoms with Crippen LogP contribution >= 0.6 is 0 Å². The van der Waals surface area contributed by atoms with E-state index in [1.807, 2.05) is 12.1 Å². The molecule has 1 aromatic carbocycles. The highest BCUT2D eigenvalue weighted by atomic mass is 16.6. The van der Waals surface area contributed by atoms with E-state index in [2.05, 4.69) is 47.5 Å². The minimum atomic E-state index is -0.565.